The summed E-state index contributed by atoms with van der Waals surface area (Å²) in [6, 6.07) is 0. The summed E-state index contributed by atoms with van der Waals surface area (Å²) in [5.74, 6) is -3.07. The van der Waals surface area contributed by atoms with Crippen LogP contribution in [0.1, 0.15) is 67.2 Å². The Morgan fingerprint density at radius 3 is 2.22 bits per heavy atom. The molecule has 0 amide bonds. The van der Waals surface area contributed by atoms with E-state index >= 15 is 0 Å². The first-order valence-electron chi connectivity index (χ1n) is 14.8. The maximum atomic E-state index is 12.7. The van der Waals surface area contributed by atoms with Crippen LogP contribution in [-0.4, -0.2) is 34.0 Å². The number of nitrogens with zero attached hydrogens (tertiary/aromatic N) is 3. The van der Waals surface area contributed by atoms with Crippen LogP contribution >= 0.6 is 0 Å². The maximum Gasteiger partial charge on any atom is 1.00 e. The largest absolute Gasteiger partial charge is 1.00 e. The number of nitrogens with one attached hydrogen (secondary N) is 1. The number of aliphatic hydroxyl groups is 1. The molecule has 0 aliphatic carbocycles. The predicted molar refractivity (Wildman–Crippen MR) is 167 cm³/mol. The number of rotatable bonds is 7. The molecule has 5 rings (SSSR count). The van der Waals surface area contributed by atoms with Crippen molar-refractivity contribution in [1.29, 1.82) is 0 Å². The molecule has 1 saturated heterocycles. The quantitative estimate of drug-likeness (QED) is 0.250. The van der Waals surface area contributed by atoms with Crippen molar-refractivity contribution in [2.75, 3.05) is 0 Å². The molecule has 0 unspecified atom stereocenters. The number of aliphatic imine (C=N–C) groups is 3. The Morgan fingerprint density at radius 2 is 1.63 bits per heavy atom. The van der Waals surface area contributed by atoms with Crippen molar-refractivity contribution in [2.24, 2.45) is 26.8 Å². The number of allylic oxidation sites excluding steroid dienone is 12. The van der Waals surface area contributed by atoms with Gasteiger partial charge in [0.05, 0.1) is 40.2 Å². The number of carbonyl (C=O) groups excluding carboxylic acids is 2. The molecule has 0 aromatic carbocycles. The summed E-state index contributed by atoms with van der Waals surface area (Å²) >= 11 is 0. The summed E-state index contributed by atoms with van der Waals surface area (Å²) < 4.78 is 0. The molecule has 11 heteroatoms. The van der Waals surface area contributed by atoms with Crippen LogP contribution < -0.4 is 74.6 Å². The van der Waals surface area contributed by atoms with Gasteiger partial charge in [-0.05, 0) is 87.5 Å². The molecule has 2 N–H and O–H groups in total. The summed E-state index contributed by atoms with van der Waals surface area (Å²) in [6.07, 6.45) is 8.15. The second-order valence-electron chi connectivity index (χ2n) is 11.7. The Bertz CT molecular complexity index is 1770. The first-order valence-corrected chi connectivity index (χ1v) is 14.8. The fourth-order valence-corrected chi connectivity index (χ4v) is 6.56. The number of Topliss-reactive ketones (excluding diaryl/α,β-unsaturated/α-hetero) is 1. The fourth-order valence-electron chi connectivity index (χ4n) is 6.56. The molecule has 5 aliphatic heterocycles. The number of ketones is 1. The number of carboxylic acids is 1. The van der Waals surface area contributed by atoms with Crippen LogP contribution in [0.2, 0.25) is 0 Å². The summed E-state index contributed by atoms with van der Waals surface area (Å²) in [5.41, 5.74) is 9.71. The van der Waals surface area contributed by atoms with E-state index in [1.807, 2.05) is 45.9 Å². The summed E-state index contributed by atoms with van der Waals surface area (Å²) in [6.45, 7) is 15.2. The van der Waals surface area contributed by atoms with E-state index in [9.17, 15) is 24.9 Å². The number of aliphatic hydroxyl groups excluding tert-OH is 1. The van der Waals surface area contributed by atoms with Crippen LogP contribution in [0, 0.1) is 11.8 Å². The van der Waals surface area contributed by atoms with Crippen molar-refractivity contribution in [3.05, 3.63) is 104 Å². The second-order valence-corrected chi connectivity index (χ2v) is 11.7. The van der Waals surface area contributed by atoms with Gasteiger partial charge < -0.3 is 25.4 Å². The van der Waals surface area contributed by atoms with Crippen LogP contribution in [0.4, 0.5) is 0 Å². The SMILES string of the molecule is C=CC1=C(C)C2=NC1=CC1=NC(=CC3=C(C)C(=C([O-])O)C(=N3)C(CC(C)=O)=C3NC(=C2)[C@@H](C)[C@@H]3CCC(=O)[O-])C(CC)=C1C.[Na+].[Na+]. The smallest absolute Gasteiger partial charge is 0.629 e. The molecule has 9 nitrogen and oxygen atoms in total. The van der Waals surface area contributed by atoms with E-state index < -0.39 is 11.9 Å². The minimum atomic E-state index is -1.18. The van der Waals surface area contributed by atoms with Crippen molar-refractivity contribution < 1.29 is 84.0 Å². The molecule has 2 atom stereocenters. The molecule has 1 fully saturated rings. The monoisotopic (exact) mass is 638 g/mol. The van der Waals surface area contributed by atoms with E-state index in [1.165, 1.54) is 6.92 Å². The molecule has 5 aliphatic rings. The Kier molecular flexibility index (Phi) is 12.3. The fraction of sp³-hybridized carbons (Fsp3) is 0.343. The van der Waals surface area contributed by atoms with Gasteiger partial charge in [-0.25, -0.2) is 15.0 Å². The van der Waals surface area contributed by atoms with E-state index in [0.717, 1.165) is 45.1 Å². The zero-order valence-corrected chi connectivity index (χ0v) is 31.9. The Hall–Kier alpha value is -2.79. The zero-order chi connectivity index (χ0) is 32.0. The van der Waals surface area contributed by atoms with Gasteiger partial charge in [-0.1, -0.05) is 26.5 Å². The third-order valence-electron chi connectivity index (χ3n) is 8.97. The van der Waals surface area contributed by atoms with Gasteiger partial charge in [0.1, 0.15) is 5.78 Å². The first-order chi connectivity index (χ1) is 20.9. The van der Waals surface area contributed by atoms with Gasteiger partial charge in [0.15, 0.2) is 0 Å². The number of carbonyl (C=O) groups is 2. The van der Waals surface area contributed by atoms with Crippen molar-refractivity contribution in [3.8, 4) is 0 Å². The predicted octanol–water partition coefficient (Wildman–Crippen LogP) is -1.72. The van der Waals surface area contributed by atoms with Crippen LogP contribution in [-0.2, 0) is 9.59 Å². The summed E-state index contributed by atoms with van der Waals surface area (Å²) in [4.78, 5) is 39.0. The standard InChI is InChI=1S/C35H38N4O5.2Na/c1-8-21-17(4)25-13-27-19(6)23(10-11-31(41)42)33(38-27)24(12-16(3)40)34-32(35(43)44)20(7)28(39-34)15-30-22(9-2)18(5)26(37-30)14-29(21)36-25;;/h8,13-15,19,23,38,43-44H,1,9-12H2,2-7H3,(H,41,42);;/q;2*+1/p-2/t19-,23-;;/m0../s1. The molecule has 0 saturated carbocycles. The molecule has 0 aromatic rings. The zero-order valence-electron chi connectivity index (χ0n) is 27.9. The van der Waals surface area contributed by atoms with Gasteiger partial charge >= 0.3 is 59.1 Å². The van der Waals surface area contributed by atoms with Crippen LogP contribution in [0.15, 0.2) is 119 Å². The Balaban J connectivity index is 0.00000288. The Morgan fingerprint density at radius 1 is 0.978 bits per heavy atom. The molecule has 228 valence electrons. The molecule has 46 heavy (non-hydrogen) atoms. The molecule has 8 bridgehead atoms. The number of hydrogen-bond acceptors (Lipinski definition) is 9. The summed E-state index contributed by atoms with van der Waals surface area (Å²) in [7, 11) is 0. The molecular formula is C35H36N4Na2O5. The minimum Gasteiger partial charge on any atom is -0.629 e. The average Bonchev–Trinajstić information content (AvgIpc) is 3.63. The van der Waals surface area contributed by atoms with Gasteiger partial charge in [0.2, 0.25) is 0 Å². The third-order valence-corrected chi connectivity index (χ3v) is 8.97. The molecule has 0 aromatic heterocycles. The van der Waals surface area contributed by atoms with Gasteiger partial charge in [-0.2, -0.15) is 0 Å². The van der Waals surface area contributed by atoms with Gasteiger partial charge in [0, 0.05) is 52.3 Å². The van der Waals surface area contributed by atoms with E-state index in [1.54, 1.807) is 13.0 Å². The second kappa shape index (κ2) is 15.0. The number of aliphatic carboxylic acids is 1. The van der Waals surface area contributed by atoms with Gasteiger partial charge in [-0.3, -0.25) is 4.79 Å². The molecular weight excluding hydrogens is 602 g/mol. The number of fused-ring (bicyclic) bond motifs is 5. The number of hydrogen-bond donors (Lipinski definition) is 2. The van der Waals surface area contributed by atoms with Crippen LogP contribution in [0.3, 0.4) is 0 Å². The van der Waals surface area contributed by atoms with Crippen molar-refractivity contribution in [1.82, 2.24) is 5.32 Å². The van der Waals surface area contributed by atoms with Crippen molar-refractivity contribution in [3.63, 3.8) is 0 Å². The van der Waals surface area contributed by atoms with Crippen molar-refractivity contribution in [2.45, 2.75) is 67.2 Å². The Labute approximate surface area is 314 Å². The first kappa shape index (κ1) is 37.7. The van der Waals surface area contributed by atoms with Gasteiger partial charge in [0.25, 0.3) is 0 Å². The van der Waals surface area contributed by atoms with E-state index in [-0.39, 0.29) is 107 Å². The third kappa shape index (κ3) is 6.91. The summed E-state index contributed by atoms with van der Waals surface area (Å²) in [5, 5.41) is 38.2. The van der Waals surface area contributed by atoms with Crippen LogP contribution in [0.25, 0.3) is 0 Å². The van der Waals surface area contributed by atoms with Crippen LogP contribution in [0.5, 0.6) is 0 Å². The molecule has 0 radical (unpaired) electrons. The molecule has 0 spiro atoms. The average molecular weight is 639 g/mol. The topological polar surface area (TPSA) is 150 Å². The van der Waals surface area contributed by atoms with Crippen molar-refractivity contribution >= 4 is 28.9 Å². The van der Waals surface area contributed by atoms with E-state index in [0.29, 0.717) is 34.7 Å². The van der Waals surface area contributed by atoms with E-state index in [2.05, 4.69) is 11.9 Å². The van der Waals surface area contributed by atoms with Gasteiger partial charge in [-0.15, -0.1) is 0 Å². The van der Waals surface area contributed by atoms with E-state index in [4.69, 9.17) is 15.0 Å². The minimum absolute atomic E-state index is 0. The normalized spacial score (nSPS) is 23.1. The molecule has 5 heterocycles. The number of carboxylic acid groups (broad SMARTS) is 1. The maximum absolute atomic E-state index is 12.7.